The Bertz CT molecular complexity index is 129. The van der Waals surface area contributed by atoms with Crippen LogP contribution in [0.5, 0.6) is 0 Å². The summed E-state index contributed by atoms with van der Waals surface area (Å²) in [6.07, 6.45) is 3.30. The molecule has 0 unspecified atom stereocenters. The highest BCUT2D eigenvalue weighted by Gasteiger charge is 2.05. The van der Waals surface area contributed by atoms with Gasteiger partial charge in [-0.15, -0.1) is 0 Å². The van der Waals surface area contributed by atoms with Gasteiger partial charge in [0.1, 0.15) is 0 Å². The average molecular weight is 202 g/mol. The third kappa shape index (κ3) is 8.21. The van der Waals surface area contributed by atoms with Crippen molar-refractivity contribution in [3.63, 3.8) is 0 Å². The first-order valence-corrected chi connectivity index (χ1v) is 6.71. The molecule has 0 bridgehead atoms. The zero-order valence-corrected chi connectivity index (χ0v) is 10.4. The molecule has 0 fully saturated rings. The molecule has 0 heterocycles. The van der Waals surface area contributed by atoms with E-state index < -0.39 is 9.28 Å². The first kappa shape index (κ1) is 12.9. The molecule has 3 heteroatoms. The van der Waals surface area contributed by atoms with Gasteiger partial charge in [-0.05, 0) is 31.9 Å². The van der Waals surface area contributed by atoms with Gasteiger partial charge < -0.3 is 8.85 Å². The first-order valence-electron chi connectivity index (χ1n) is 5.10. The summed E-state index contributed by atoms with van der Waals surface area (Å²) in [5, 5.41) is 0. The van der Waals surface area contributed by atoms with Crippen molar-refractivity contribution in [2.75, 3.05) is 13.2 Å². The molecular formula is C10H22O2Si. The second-order valence-corrected chi connectivity index (χ2v) is 5.13. The lowest BCUT2D eigenvalue weighted by Crippen LogP contribution is -2.20. The summed E-state index contributed by atoms with van der Waals surface area (Å²) >= 11 is 0. The molecule has 0 aliphatic heterocycles. The maximum atomic E-state index is 5.49. The van der Waals surface area contributed by atoms with Crippen LogP contribution in [0.3, 0.4) is 0 Å². The third-order valence-corrected chi connectivity index (χ3v) is 3.47. The van der Waals surface area contributed by atoms with Crippen LogP contribution in [-0.2, 0) is 8.85 Å². The number of rotatable bonds is 7. The van der Waals surface area contributed by atoms with E-state index in [9.17, 15) is 0 Å². The van der Waals surface area contributed by atoms with Gasteiger partial charge in [0.05, 0.1) is 0 Å². The van der Waals surface area contributed by atoms with Crippen LogP contribution >= 0.6 is 0 Å². The molecule has 0 spiro atoms. The molecule has 78 valence electrons. The summed E-state index contributed by atoms with van der Waals surface area (Å²) in [6, 6.07) is 0. The third-order valence-electron chi connectivity index (χ3n) is 1.56. The predicted octanol–water partition coefficient (Wildman–Crippen LogP) is 2.42. The highest BCUT2D eigenvalue weighted by atomic mass is 28.3. The van der Waals surface area contributed by atoms with Gasteiger partial charge in [0.2, 0.25) is 0 Å². The standard InChI is InChI=1S/C10H22O2Si/c1-5-11-13(12-6-2)9-7-8-10(3)4/h7,9-10,13H,5-6,8H2,1-4H3. The molecule has 0 amide bonds. The SMILES string of the molecule is CCO[SiH](C=CCC(C)C)OCC. The summed E-state index contributed by atoms with van der Waals surface area (Å²) in [5.74, 6) is 0.717. The average Bonchev–Trinajstić information content (AvgIpc) is 2.04. The first-order chi connectivity index (χ1) is 6.20. The van der Waals surface area contributed by atoms with Gasteiger partial charge in [-0.2, -0.15) is 0 Å². The number of allylic oxidation sites excluding steroid dienone is 1. The van der Waals surface area contributed by atoms with Gasteiger partial charge in [-0.3, -0.25) is 0 Å². The fourth-order valence-corrected chi connectivity index (χ4v) is 2.30. The summed E-state index contributed by atoms with van der Waals surface area (Å²) in [5.41, 5.74) is 2.13. The van der Waals surface area contributed by atoms with Crippen molar-refractivity contribution in [2.45, 2.75) is 34.1 Å². The Kier molecular flexibility index (Phi) is 8.39. The molecule has 0 aliphatic rings. The van der Waals surface area contributed by atoms with Gasteiger partial charge >= 0.3 is 9.28 Å². The summed E-state index contributed by atoms with van der Waals surface area (Å²) in [6.45, 7) is 9.95. The van der Waals surface area contributed by atoms with Crippen LogP contribution in [-0.4, -0.2) is 22.5 Å². The van der Waals surface area contributed by atoms with E-state index in [1.54, 1.807) is 0 Å². The molecule has 0 radical (unpaired) electrons. The number of hydrogen-bond acceptors (Lipinski definition) is 2. The van der Waals surface area contributed by atoms with E-state index in [4.69, 9.17) is 8.85 Å². The van der Waals surface area contributed by atoms with Crippen molar-refractivity contribution in [3.8, 4) is 0 Å². The lowest BCUT2D eigenvalue weighted by Gasteiger charge is -2.10. The maximum Gasteiger partial charge on any atom is 0.348 e. The fourth-order valence-electron chi connectivity index (χ4n) is 0.950. The number of hydrogen-bond donors (Lipinski definition) is 0. The molecule has 0 saturated heterocycles. The summed E-state index contributed by atoms with van der Waals surface area (Å²) in [7, 11) is -1.47. The highest BCUT2D eigenvalue weighted by Crippen LogP contribution is 2.01. The van der Waals surface area contributed by atoms with E-state index in [-0.39, 0.29) is 0 Å². The molecule has 0 aromatic carbocycles. The molecular weight excluding hydrogens is 180 g/mol. The van der Waals surface area contributed by atoms with E-state index in [1.165, 1.54) is 0 Å². The van der Waals surface area contributed by atoms with Gasteiger partial charge in [-0.25, -0.2) is 0 Å². The van der Waals surface area contributed by atoms with E-state index >= 15 is 0 Å². The Balaban J connectivity index is 3.71. The largest absolute Gasteiger partial charge is 0.394 e. The van der Waals surface area contributed by atoms with Crippen LogP contribution in [0.25, 0.3) is 0 Å². The zero-order chi connectivity index (χ0) is 10.1. The van der Waals surface area contributed by atoms with Crippen LogP contribution in [0.2, 0.25) is 0 Å². The summed E-state index contributed by atoms with van der Waals surface area (Å²) < 4.78 is 11.0. The minimum absolute atomic E-state index is 0.717. The van der Waals surface area contributed by atoms with E-state index in [2.05, 4.69) is 25.6 Å². The van der Waals surface area contributed by atoms with Crippen molar-refractivity contribution in [1.29, 1.82) is 0 Å². The van der Waals surface area contributed by atoms with Crippen LogP contribution in [0.1, 0.15) is 34.1 Å². The lowest BCUT2D eigenvalue weighted by molar-refractivity contribution is 0.224. The van der Waals surface area contributed by atoms with Crippen molar-refractivity contribution < 1.29 is 8.85 Å². The van der Waals surface area contributed by atoms with Crippen LogP contribution in [0, 0.1) is 5.92 Å². The topological polar surface area (TPSA) is 18.5 Å². The Morgan fingerprint density at radius 2 is 1.69 bits per heavy atom. The second-order valence-electron chi connectivity index (χ2n) is 3.34. The van der Waals surface area contributed by atoms with Crippen molar-refractivity contribution in [1.82, 2.24) is 0 Å². The maximum absolute atomic E-state index is 5.49. The summed E-state index contributed by atoms with van der Waals surface area (Å²) in [4.78, 5) is 0. The van der Waals surface area contributed by atoms with Crippen molar-refractivity contribution in [2.24, 2.45) is 5.92 Å². The van der Waals surface area contributed by atoms with E-state index in [1.807, 2.05) is 13.8 Å². The zero-order valence-electron chi connectivity index (χ0n) is 9.25. The normalized spacial score (nSPS) is 12.2. The quantitative estimate of drug-likeness (QED) is 0.590. The molecule has 0 aromatic rings. The minimum Gasteiger partial charge on any atom is -0.394 e. The van der Waals surface area contributed by atoms with Gasteiger partial charge in [0, 0.05) is 13.2 Å². The van der Waals surface area contributed by atoms with Crippen LogP contribution in [0.4, 0.5) is 0 Å². The Morgan fingerprint density at radius 1 is 1.15 bits per heavy atom. The Hall–Kier alpha value is -0.123. The second kappa shape index (κ2) is 8.47. The molecule has 13 heavy (non-hydrogen) atoms. The van der Waals surface area contributed by atoms with Crippen LogP contribution < -0.4 is 0 Å². The lowest BCUT2D eigenvalue weighted by atomic mass is 10.1. The molecule has 2 nitrogen and oxygen atoms in total. The van der Waals surface area contributed by atoms with Gasteiger partial charge in [0.25, 0.3) is 0 Å². The molecule has 0 N–H and O–H groups in total. The van der Waals surface area contributed by atoms with Gasteiger partial charge in [0.15, 0.2) is 0 Å². The van der Waals surface area contributed by atoms with Gasteiger partial charge in [-0.1, -0.05) is 19.9 Å². The van der Waals surface area contributed by atoms with E-state index in [0.29, 0.717) is 5.92 Å². The minimum atomic E-state index is -1.47. The molecule has 0 aliphatic carbocycles. The molecule has 0 atom stereocenters. The highest BCUT2D eigenvalue weighted by molar-refractivity contribution is 6.50. The Labute approximate surface area is 83.8 Å². The fraction of sp³-hybridized carbons (Fsp3) is 0.800. The molecule has 0 aromatic heterocycles. The molecule has 0 saturated carbocycles. The van der Waals surface area contributed by atoms with Crippen molar-refractivity contribution >= 4 is 9.28 Å². The molecule has 0 rings (SSSR count). The smallest absolute Gasteiger partial charge is 0.348 e. The monoisotopic (exact) mass is 202 g/mol. The predicted molar refractivity (Wildman–Crippen MR) is 59.0 cm³/mol. The van der Waals surface area contributed by atoms with Crippen LogP contribution in [0.15, 0.2) is 11.8 Å². The Morgan fingerprint density at radius 3 is 2.08 bits per heavy atom. The van der Waals surface area contributed by atoms with Crippen molar-refractivity contribution in [3.05, 3.63) is 11.8 Å². The van der Waals surface area contributed by atoms with E-state index in [0.717, 1.165) is 19.6 Å².